The van der Waals surface area contributed by atoms with Crippen LogP contribution in [0.5, 0.6) is 17.2 Å². The van der Waals surface area contributed by atoms with Crippen LogP contribution in [0.15, 0.2) is 73.3 Å². The fourth-order valence-corrected chi connectivity index (χ4v) is 4.65. The molecule has 182 valence electrons. The lowest BCUT2D eigenvalue weighted by atomic mass is 10.2. The van der Waals surface area contributed by atoms with Gasteiger partial charge in [0.1, 0.15) is 0 Å². The predicted molar refractivity (Wildman–Crippen MR) is 141 cm³/mol. The summed E-state index contributed by atoms with van der Waals surface area (Å²) in [6.07, 6.45) is 5.39. The molecule has 0 saturated heterocycles. The molecule has 0 aliphatic carbocycles. The van der Waals surface area contributed by atoms with Crippen LogP contribution >= 0.6 is 11.3 Å². The second-order valence-electron chi connectivity index (χ2n) is 7.71. The summed E-state index contributed by atoms with van der Waals surface area (Å²) in [5.74, 6) is 1.11. The highest BCUT2D eigenvalue weighted by atomic mass is 32.1. The molecular weight excluding hydrogens is 478 g/mol. The summed E-state index contributed by atoms with van der Waals surface area (Å²) in [5.41, 5.74) is 3.78. The fraction of sp³-hybridized carbons (Fsp3) is 0.115. The van der Waals surface area contributed by atoms with E-state index in [1.54, 1.807) is 30.7 Å². The number of methoxy groups -OCH3 is 3. The Kier molecular flexibility index (Phi) is 6.42. The van der Waals surface area contributed by atoms with Crippen LogP contribution in [0.2, 0.25) is 0 Å². The fourth-order valence-electron chi connectivity index (χ4n) is 3.73. The third-order valence-corrected chi connectivity index (χ3v) is 6.43. The lowest BCUT2D eigenvalue weighted by molar-refractivity contribution is 0.102. The number of rotatable bonds is 8. The molecule has 0 spiro atoms. The van der Waals surface area contributed by atoms with Crippen LogP contribution in [0.4, 0.5) is 16.5 Å². The van der Waals surface area contributed by atoms with E-state index in [1.165, 1.54) is 32.7 Å². The van der Waals surface area contributed by atoms with Crippen LogP contribution in [-0.2, 0) is 0 Å². The van der Waals surface area contributed by atoms with Crippen molar-refractivity contribution in [2.75, 3.05) is 32.0 Å². The Labute approximate surface area is 211 Å². The van der Waals surface area contributed by atoms with Gasteiger partial charge in [0.05, 0.1) is 37.9 Å². The number of nitrogens with zero attached hydrogens (tertiary/aromatic N) is 3. The third-order valence-electron chi connectivity index (χ3n) is 5.49. The highest BCUT2D eigenvalue weighted by molar-refractivity contribution is 7.22. The Morgan fingerprint density at radius 3 is 2.31 bits per heavy atom. The van der Waals surface area contributed by atoms with Crippen LogP contribution in [0, 0.1) is 0 Å². The number of imidazole rings is 1. The van der Waals surface area contributed by atoms with E-state index in [0.717, 1.165) is 26.7 Å². The van der Waals surface area contributed by atoms with E-state index in [9.17, 15) is 4.79 Å². The molecule has 0 saturated carbocycles. The molecule has 0 fully saturated rings. The summed E-state index contributed by atoms with van der Waals surface area (Å²) in [6, 6.07) is 16.8. The van der Waals surface area contributed by atoms with Crippen molar-refractivity contribution in [2.24, 2.45) is 0 Å². The molecule has 0 radical (unpaired) electrons. The number of anilines is 3. The highest BCUT2D eigenvalue weighted by Crippen LogP contribution is 2.40. The molecule has 0 aliphatic heterocycles. The van der Waals surface area contributed by atoms with E-state index < -0.39 is 0 Å². The van der Waals surface area contributed by atoms with E-state index in [2.05, 4.69) is 20.6 Å². The number of amides is 1. The number of hydrogen-bond acceptors (Lipinski definition) is 8. The molecule has 0 atom stereocenters. The lowest BCUT2D eigenvalue weighted by Crippen LogP contribution is -2.12. The van der Waals surface area contributed by atoms with Crippen molar-refractivity contribution in [3.63, 3.8) is 0 Å². The summed E-state index contributed by atoms with van der Waals surface area (Å²) in [6.45, 7) is 0. The molecule has 2 aromatic heterocycles. The maximum atomic E-state index is 13.0. The predicted octanol–water partition coefficient (Wildman–Crippen LogP) is 5.50. The van der Waals surface area contributed by atoms with Crippen molar-refractivity contribution in [3.8, 4) is 22.9 Å². The van der Waals surface area contributed by atoms with Gasteiger partial charge < -0.3 is 29.4 Å². The zero-order valence-electron chi connectivity index (χ0n) is 19.8. The maximum absolute atomic E-state index is 13.0. The molecule has 3 aromatic carbocycles. The standard InChI is InChI=1S/C26H23N5O4S/c1-33-21-13-18(14-22(34-2)24(21)35-3)28-25(32)16-4-9-20-23(12-16)36-26(30-20)29-17-5-7-19(8-6-17)31-11-10-27-15-31/h4-15H,1-3H3,(H,28,32)(H,29,30). The molecule has 0 bridgehead atoms. The van der Waals surface area contributed by atoms with Gasteiger partial charge in [-0.2, -0.15) is 0 Å². The molecule has 0 aliphatic rings. The van der Waals surface area contributed by atoms with Crippen LogP contribution in [0.25, 0.3) is 15.9 Å². The van der Waals surface area contributed by atoms with Crippen molar-refractivity contribution in [1.29, 1.82) is 0 Å². The second-order valence-corrected chi connectivity index (χ2v) is 8.74. The molecule has 5 aromatic rings. The van der Waals surface area contributed by atoms with Crippen molar-refractivity contribution in [1.82, 2.24) is 14.5 Å². The molecule has 2 N–H and O–H groups in total. The molecule has 10 heteroatoms. The SMILES string of the molecule is COc1cc(NC(=O)c2ccc3nc(Nc4ccc(-n5ccnc5)cc4)sc3c2)cc(OC)c1OC. The van der Waals surface area contributed by atoms with E-state index >= 15 is 0 Å². The number of carbonyl (C=O) groups excluding carboxylic acids is 1. The first kappa shape index (κ1) is 23.2. The maximum Gasteiger partial charge on any atom is 0.255 e. The zero-order valence-corrected chi connectivity index (χ0v) is 20.6. The van der Waals surface area contributed by atoms with E-state index in [-0.39, 0.29) is 5.91 Å². The third kappa shape index (κ3) is 4.66. The van der Waals surface area contributed by atoms with Gasteiger partial charge >= 0.3 is 0 Å². The number of nitrogens with one attached hydrogen (secondary N) is 2. The Hall–Kier alpha value is -4.57. The van der Waals surface area contributed by atoms with Crippen molar-refractivity contribution in [3.05, 3.63) is 78.9 Å². The summed E-state index contributed by atoms with van der Waals surface area (Å²) in [7, 11) is 4.59. The first-order chi connectivity index (χ1) is 17.6. The van der Waals surface area contributed by atoms with Gasteiger partial charge in [-0.3, -0.25) is 4.79 Å². The van der Waals surface area contributed by atoms with Crippen LogP contribution in [-0.4, -0.2) is 41.8 Å². The summed E-state index contributed by atoms with van der Waals surface area (Å²) < 4.78 is 18.9. The molecular formula is C26H23N5O4S. The first-order valence-electron chi connectivity index (χ1n) is 11.0. The molecule has 5 rings (SSSR count). The number of aromatic nitrogens is 3. The second kappa shape index (κ2) is 9.96. The molecule has 0 unspecified atom stereocenters. The van der Waals surface area contributed by atoms with Gasteiger partial charge in [0.15, 0.2) is 16.6 Å². The quantitative estimate of drug-likeness (QED) is 0.289. The van der Waals surface area contributed by atoms with E-state index in [4.69, 9.17) is 14.2 Å². The Morgan fingerprint density at radius 1 is 0.917 bits per heavy atom. The smallest absolute Gasteiger partial charge is 0.255 e. The molecule has 1 amide bonds. The van der Waals surface area contributed by atoms with Gasteiger partial charge in [0.25, 0.3) is 5.91 Å². The summed E-state index contributed by atoms with van der Waals surface area (Å²) >= 11 is 1.48. The van der Waals surface area contributed by atoms with Gasteiger partial charge in [0.2, 0.25) is 5.75 Å². The minimum atomic E-state index is -0.260. The number of thiazole rings is 1. The minimum Gasteiger partial charge on any atom is -0.493 e. The van der Waals surface area contributed by atoms with Crippen molar-refractivity contribution in [2.45, 2.75) is 0 Å². The van der Waals surface area contributed by atoms with Gasteiger partial charge in [-0.15, -0.1) is 0 Å². The zero-order chi connectivity index (χ0) is 25.1. The van der Waals surface area contributed by atoms with E-state index in [1.807, 2.05) is 47.2 Å². The van der Waals surface area contributed by atoms with Crippen molar-refractivity contribution >= 4 is 44.0 Å². The van der Waals surface area contributed by atoms with Crippen molar-refractivity contribution < 1.29 is 19.0 Å². The average Bonchev–Trinajstić information content (AvgIpc) is 3.58. The molecule has 2 heterocycles. The van der Waals surface area contributed by atoms with Gasteiger partial charge in [-0.1, -0.05) is 11.3 Å². The number of fused-ring (bicyclic) bond motifs is 1. The Morgan fingerprint density at radius 2 is 1.67 bits per heavy atom. The minimum absolute atomic E-state index is 0.260. The topological polar surface area (TPSA) is 99.5 Å². The molecule has 9 nitrogen and oxygen atoms in total. The first-order valence-corrected chi connectivity index (χ1v) is 11.8. The van der Waals surface area contributed by atoms with Gasteiger partial charge in [-0.25, -0.2) is 9.97 Å². The normalized spacial score (nSPS) is 10.8. The van der Waals surface area contributed by atoms with Gasteiger partial charge in [0, 0.05) is 47.2 Å². The number of carbonyl (C=O) groups is 1. The monoisotopic (exact) mass is 501 g/mol. The van der Waals surface area contributed by atoms with E-state index in [0.29, 0.717) is 28.5 Å². The van der Waals surface area contributed by atoms with Crippen LogP contribution in [0.3, 0.4) is 0 Å². The average molecular weight is 502 g/mol. The number of hydrogen-bond donors (Lipinski definition) is 2. The Balaban J connectivity index is 1.33. The van der Waals surface area contributed by atoms with Gasteiger partial charge in [-0.05, 0) is 42.5 Å². The number of ether oxygens (including phenoxy) is 3. The summed E-state index contributed by atoms with van der Waals surface area (Å²) in [4.78, 5) is 21.7. The van der Waals surface area contributed by atoms with Crippen LogP contribution in [0.1, 0.15) is 10.4 Å². The largest absolute Gasteiger partial charge is 0.493 e. The molecule has 36 heavy (non-hydrogen) atoms. The van der Waals surface area contributed by atoms with Crippen LogP contribution < -0.4 is 24.8 Å². The number of benzene rings is 3. The lowest BCUT2D eigenvalue weighted by Gasteiger charge is -2.14. The highest BCUT2D eigenvalue weighted by Gasteiger charge is 2.16. The summed E-state index contributed by atoms with van der Waals surface area (Å²) in [5, 5.41) is 6.97. The Bertz CT molecular complexity index is 1490.